The van der Waals surface area contributed by atoms with Crippen LogP contribution >= 0.6 is 0 Å². The second-order valence-electron chi connectivity index (χ2n) is 5.24. The number of hydrogen-bond acceptors (Lipinski definition) is 5. The van der Waals surface area contributed by atoms with Crippen LogP contribution in [0.3, 0.4) is 0 Å². The summed E-state index contributed by atoms with van der Waals surface area (Å²) in [5.74, 6) is -1.60. The summed E-state index contributed by atoms with van der Waals surface area (Å²) in [4.78, 5) is 11.6. The average Bonchev–Trinajstić information content (AvgIpc) is 3.10. The molecule has 1 aromatic carbocycles. The lowest BCUT2D eigenvalue weighted by molar-refractivity contribution is 0.0518. The molecule has 1 aromatic heterocycles. The van der Waals surface area contributed by atoms with Crippen molar-refractivity contribution in [1.82, 2.24) is 9.78 Å². The smallest absolute Gasteiger partial charge is 0.358 e. The topological polar surface area (TPSA) is 62.6 Å². The molecule has 2 aromatic rings. The zero-order valence-electron chi connectivity index (χ0n) is 14.8. The number of alkyl halides is 2. The summed E-state index contributed by atoms with van der Waals surface area (Å²) in [6.07, 6.45) is -1.49. The van der Waals surface area contributed by atoms with Gasteiger partial charge in [0.25, 0.3) is 0 Å². The van der Waals surface area contributed by atoms with E-state index in [4.69, 9.17) is 9.47 Å². The van der Waals surface area contributed by atoms with E-state index in [0.717, 1.165) is 5.56 Å². The van der Waals surface area contributed by atoms with Gasteiger partial charge in [-0.2, -0.15) is 9.49 Å². The van der Waals surface area contributed by atoms with E-state index in [1.54, 1.807) is 25.3 Å². The van der Waals surface area contributed by atoms with Gasteiger partial charge in [0.1, 0.15) is 5.75 Å². The van der Waals surface area contributed by atoms with Gasteiger partial charge >= 0.3 is 18.4 Å². The molecule has 9 heteroatoms. The van der Waals surface area contributed by atoms with Crippen LogP contribution in [0.4, 0.5) is 13.2 Å². The molecule has 0 aliphatic carbocycles. The van der Waals surface area contributed by atoms with Gasteiger partial charge in [-0.15, -0.1) is 0 Å². The van der Waals surface area contributed by atoms with E-state index >= 15 is 0 Å². The Morgan fingerprint density at radius 1 is 1.11 bits per heavy atom. The average molecular weight is 384 g/mol. The highest BCUT2D eigenvalue weighted by molar-refractivity contribution is 5.86. The normalized spacial score (nSPS) is 11.9. The summed E-state index contributed by atoms with van der Waals surface area (Å²) in [5.41, 5.74) is 0.976. The first-order valence-electron chi connectivity index (χ1n) is 8.22. The Morgan fingerprint density at radius 3 is 2.37 bits per heavy atom. The monoisotopic (exact) mass is 384 g/mol. The van der Waals surface area contributed by atoms with Gasteiger partial charge in [-0.1, -0.05) is 12.1 Å². The maximum absolute atomic E-state index is 13.8. The predicted octanol–water partition coefficient (Wildman–Crippen LogP) is 3.93. The Labute approximate surface area is 154 Å². The minimum atomic E-state index is -3.11. The van der Waals surface area contributed by atoms with E-state index in [0.29, 0.717) is 6.54 Å². The number of carbonyl (C=O) groups excluding carboxylic acids is 1. The standard InChI is InChI=1S/C18H19F3N2O4/c1-3-25-15(16(19)20)17(21)27-13-7-5-12(6-8-13)11-23-10-9-14(22-23)18(24)26-4-2/h5-10,16H,3-4,11H2,1-2H3/b17-15+. The molecular formula is C18H19F3N2O4. The fraction of sp³-hybridized carbons (Fsp3) is 0.333. The molecule has 0 unspecified atom stereocenters. The summed E-state index contributed by atoms with van der Waals surface area (Å²) in [7, 11) is 0. The van der Waals surface area contributed by atoms with Crippen molar-refractivity contribution in [2.75, 3.05) is 13.2 Å². The third kappa shape index (κ3) is 5.77. The van der Waals surface area contributed by atoms with Crippen LogP contribution in [-0.2, 0) is 16.0 Å². The van der Waals surface area contributed by atoms with Crippen LogP contribution in [0.2, 0.25) is 0 Å². The van der Waals surface area contributed by atoms with Gasteiger partial charge in [-0.25, -0.2) is 13.6 Å². The molecule has 0 bridgehead atoms. The van der Waals surface area contributed by atoms with Crippen LogP contribution in [0.25, 0.3) is 0 Å². The van der Waals surface area contributed by atoms with E-state index in [-0.39, 0.29) is 24.7 Å². The fourth-order valence-corrected chi connectivity index (χ4v) is 2.13. The molecule has 0 fully saturated rings. The number of aromatic nitrogens is 2. The maximum atomic E-state index is 13.8. The van der Waals surface area contributed by atoms with Crippen molar-refractivity contribution >= 4 is 5.97 Å². The van der Waals surface area contributed by atoms with Crippen molar-refractivity contribution in [2.45, 2.75) is 26.8 Å². The van der Waals surface area contributed by atoms with Crippen LogP contribution in [0.5, 0.6) is 5.75 Å². The number of allylic oxidation sites excluding steroid dienone is 1. The fourth-order valence-electron chi connectivity index (χ4n) is 2.13. The Balaban J connectivity index is 2.03. The molecule has 0 amide bonds. The molecule has 0 aliphatic heterocycles. The molecule has 0 atom stereocenters. The van der Waals surface area contributed by atoms with Crippen molar-refractivity contribution in [1.29, 1.82) is 0 Å². The van der Waals surface area contributed by atoms with Gasteiger partial charge in [-0.05, 0) is 37.6 Å². The molecule has 6 nitrogen and oxygen atoms in total. The number of hydrogen-bond donors (Lipinski definition) is 0. The maximum Gasteiger partial charge on any atom is 0.358 e. The molecule has 0 N–H and O–H groups in total. The lowest BCUT2D eigenvalue weighted by Gasteiger charge is -2.10. The van der Waals surface area contributed by atoms with Crippen molar-refractivity contribution in [3.05, 3.63) is 59.6 Å². The number of halogens is 3. The largest absolute Gasteiger partial charge is 0.487 e. The highest BCUT2D eigenvalue weighted by atomic mass is 19.3. The van der Waals surface area contributed by atoms with Gasteiger partial charge in [-0.3, -0.25) is 4.68 Å². The molecule has 0 radical (unpaired) electrons. The minimum absolute atomic E-state index is 0.0433. The highest BCUT2D eigenvalue weighted by Gasteiger charge is 2.21. The molecule has 2 rings (SSSR count). The van der Waals surface area contributed by atoms with Crippen LogP contribution in [0, 0.1) is 0 Å². The minimum Gasteiger partial charge on any atom is -0.487 e. The van der Waals surface area contributed by atoms with Crippen LogP contribution in [0.1, 0.15) is 29.9 Å². The van der Waals surface area contributed by atoms with Gasteiger partial charge in [0.05, 0.1) is 19.8 Å². The van der Waals surface area contributed by atoms with Gasteiger partial charge in [0.15, 0.2) is 5.69 Å². The summed E-state index contributed by atoms with van der Waals surface area (Å²) >= 11 is 0. The molecule has 0 aliphatic rings. The SMILES string of the molecule is CCOC(=O)c1ccn(Cc2ccc(O/C(F)=C(/OCC)C(F)F)cc2)n1. The van der Waals surface area contributed by atoms with Crippen LogP contribution in [-0.4, -0.2) is 35.4 Å². The van der Waals surface area contributed by atoms with Crippen LogP contribution in [0.15, 0.2) is 48.3 Å². The predicted molar refractivity (Wildman–Crippen MR) is 90.1 cm³/mol. The Hall–Kier alpha value is -2.97. The molecular weight excluding hydrogens is 365 g/mol. The summed E-state index contributed by atoms with van der Waals surface area (Å²) < 4.78 is 54.9. The zero-order valence-corrected chi connectivity index (χ0v) is 14.8. The van der Waals surface area contributed by atoms with Crippen molar-refractivity contribution in [3.63, 3.8) is 0 Å². The third-order valence-electron chi connectivity index (χ3n) is 3.29. The second kappa shape index (κ2) is 9.65. The molecule has 0 spiro atoms. The summed E-state index contributed by atoms with van der Waals surface area (Å²) in [5, 5.41) is 4.10. The van der Waals surface area contributed by atoms with E-state index < -0.39 is 24.2 Å². The van der Waals surface area contributed by atoms with Crippen molar-refractivity contribution in [3.8, 4) is 5.75 Å². The van der Waals surface area contributed by atoms with Crippen molar-refractivity contribution in [2.24, 2.45) is 0 Å². The molecule has 0 saturated carbocycles. The highest BCUT2D eigenvalue weighted by Crippen LogP contribution is 2.22. The number of benzene rings is 1. The Kier molecular flexibility index (Phi) is 7.27. The summed E-state index contributed by atoms with van der Waals surface area (Å²) in [6.45, 7) is 3.67. The van der Waals surface area contributed by atoms with Crippen LogP contribution < -0.4 is 4.74 Å². The number of esters is 1. The zero-order chi connectivity index (χ0) is 19.8. The molecule has 1 heterocycles. The molecule has 0 saturated heterocycles. The van der Waals surface area contributed by atoms with Gasteiger partial charge in [0, 0.05) is 6.20 Å². The second-order valence-corrected chi connectivity index (χ2v) is 5.24. The van der Waals surface area contributed by atoms with Gasteiger partial charge in [0.2, 0.25) is 5.76 Å². The molecule has 27 heavy (non-hydrogen) atoms. The van der Waals surface area contributed by atoms with E-state index in [1.807, 2.05) is 0 Å². The lowest BCUT2D eigenvalue weighted by Crippen LogP contribution is -2.08. The van der Waals surface area contributed by atoms with Gasteiger partial charge < -0.3 is 14.2 Å². The van der Waals surface area contributed by atoms with E-state index in [2.05, 4.69) is 9.84 Å². The summed E-state index contributed by atoms with van der Waals surface area (Å²) in [6, 6.07) is 6.16. The van der Waals surface area contributed by atoms with Crippen molar-refractivity contribution < 1.29 is 32.2 Å². The Bertz CT molecular complexity index is 788. The lowest BCUT2D eigenvalue weighted by atomic mass is 10.2. The quantitative estimate of drug-likeness (QED) is 0.484. The molecule has 146 valence electrons. The first-order valence-corrected chi connectivity index (χ1v) is 8.22. The Morgan fingerprint density at radius 2 is 1.78 bits per heavy atom. The van der Waals surface area contributed by atoms with E-state index in [9.17, 15) is 18.0 Å². The first kappa shape index (κ1) is 20.3. The number of nitrogens with zero attached hydrogens (tertiary/aromatic N) is 2. The van der Waals surface area contributed by atoms with E-state index in [1.165, 1.54) is 29.8 Å². The number of carbonyl (C=O) groups is 1. The first-order chi connectivity index (χ1) is 12.9. The number of ether oxygens (including phenoxy) is 3. The third-order valence-corrected chi connectivity index (χ3v) is 3.29. The number of rotatable bonds is 9.